The summed E-state index contributed by atoms with van der Waals surface area (Å²) in [5.74, 6) is -0.0314. The lowest BCUT2D eigenvalue weighted by Gasteiger charge is -2.25. The van der Waals surface area contributed by atoms with Gasteiger partial charge in [-0.15, -0.1) is 0 Å². The third-order valence-corrected chi connectivity index (χ3v) is 6.69. The van der Waals surface area contributed by atoms with E-state index in [4.69, 9.17) is 8.85 Å². The van der Waals surface area contributed by atoms with E-state index in [0.29, 0.717) is 5.57 Å². The molecule has 0 saturated heterocycles. The summed E-state index contributed by atoms with van der Waals surface area (Å²) in [7, 11) is -1.91. The van der Waals surface area contributed by atoms with Crippen molar-refractivity contribution in [2.45, 2.75) is 71.9 Å². The normalized spacial score (nSPS) is 11.5. The Labute approximate surface area is 137 Å². The lowest BCUT2D eigenvalue weighted by atomic mass is 10.1. The predicted octanol–water partition coefficient (Wildman–Crippen LogP) is 4.16. The molecule has 0 aromatic carbocycles. The molecular weight excluding hydrogens is 294 g/mol. The number of carbonyl (C=O) groups is 1. The van der Waals surface area contributed by atoms with E-state index < -0.39 is 8.56 Å². The second-order valence-corrected chi connectivity index (χ2v) is 9.25. The Bertz CT molecular complexity index is 315. The molecule has 0 rings (SSSR count). The SMILES string of the molecule is C=C(C)C(=O)NCCCCCCCC[Si](C)(OCC)OCC. The zero-order valence-corrected chi connectivity index (χ0v) is 16.0. The van der Waals surface area contributed by atoms with Crippen molar-refractivity contribution in [1.82, 2.24) is 5.32 Å². The average Bonchev–Trinajstić information content (AvgIpc) is 2.45. The Balaban J connectivity index is 3.53. The van der Waals surface area contributed by atoms with Crippen LogP contribution in [0.4, 0.5) is 0 Å². The van der Waals surface area contributed by atoms with Crippen LogP contribution in [-0.4, -0.2) is 34.2 Å². The van der Waals surface area contributed by atoms with E-state index in [1.54, 1.807) is 6.92 Å². The number of nitrogens with one attached hydrogen (secondary N) is 1. The van der Waals surface area contributed by atoms with Crippen molar-refractivity contribution in [1.29, 1.82) is 0 Å². The lowest BCUT2D eigenvalue weighted by molar-refractivity contribution is -0.117. The van der Waals surface area contributed by atoms with E-state index >= 15 is 0 Å². The molecule has 0 aliphatic carbocycles. The van der Waals surface area contributed by atoms with Crippen LogP contribution in [-0.2, 0) is 13.6 Å². The molecule has 0 bridgehead atoms. The summed E-state index contributed by atoms with van der Waals surface area (Å²) in [5, 5.41) is 2.87. The molecule has 0 aliphatic rings. The maximum atomic E-state index is 11.3. The molecule has 0 spiro atoms. The van der Waals surface area contributed by atoms with Gasteiger partial charge in [-0.25, -0.2) is 0 Å². The summed E-state index contributed by atoms with van der Waals surface area (Å²) in [4.78, 5) is 11.3. The highest BCUT2D eigenvalue weighted by Crippen LogP contribution is 2.18. The number of carbonyl (C=O) groups excluding carboxylic acids is 1. The highest BCUT2D eigenvalue weighted by Gasteiger charge is 2.29. The number of hydrogen-bond acceptors (Lipinski definition) is 3. The zero-order chi connectivity index (χ0) is 16.8. The second-order valence-electron chi connectivity index (χ2n) is 5.91. The van der Waals surface area contributed by atoms with E-state index in [1.165, 1.54) is 32.1 Å². The fraction of sp³-hybridized carbons (Fsp3) is 0.824. The molecular formula is C17H35NO3Si. The first-order valence-corrected chi connectivity index (χ1v) is 11.2. The van der Waals surface area contributed by atoms with Crippen molar-refractivity contribution in [3.8, 4) is 0 Å². The van der Waals surface area contributed by atoms with E-state index in [-0.39, 0.29) is 5.91 Å². The van der Waals surface area contributed by atoms with Gasteiger partial charge in [0.1, 0.15) is 0 Å². The summed E-state index contributed by atoms with van der Waals surface area (Å²) >= 11 is 0. The fourth-order valence-corrected chi connectivity index (χ4v) is 4.91. The van der Waals surface area contributed by atoms with Gasteiger partial charge in [0.2, 0.25) is 5.91 Å². The van der Waals surface area contributed by atoms with E-state index in [9.17, 15) is 4.79 Å². The van der Waals surface area contributed by atoms with Gasteiger partial charge in [-0.3, -0.25) is 4.79 Å². The monoisotopic (exact) mass is 329 g/mol. The smallest absolute Gasteiger partial charge is 0.334 e. The first-order valence-electron chi connectivity index (χ1n) is 8.66. The maximum Gasteiger partial charge on any atom is 0.334 e. The Morgan fingerprint density at radius 1 is 1.00 bits per heavy atom. The summed E-state index contributed by atoms with van der Waals surface area (Å²) in [6.07, 6.45) is 7.11. The molecule has 0 radical (unpaired) electrons. The molecule has 0 saturated carbocycles. The van der Waals surface area contributed by atoms with Crippen molar-refractivity contribution < 1.29 is 13.6 Å². The molecule has 0 atom stereocenters. The van der Waals surface area contributed by atoms with Gasteiger partial charge in [-0.1, -0.05) is 38.7 Å². The Kier molecular flexibility index (Phi) is 12.5. The number of unbranched alkanes of at least 4 members (excludes halogenated alkanes) is 5. The van der Waals surface area contributed by atoms with Gasteiger partial charge >= 0.3 is 8.56 Å². The molecule has 4 nitrogen and oxygen atoms in total. The molecule has 0 fully saturated rings. The lowest BCUT2D eigenvalue weighted by Crippen LogP contribution is -2.38. The third-order valence-electron chi connectivity index (χ3n) is 3.63. The highest BCUT2D eigenvalue weighted by molar-refractivity contribution is 6.66. The minimum absolute atomic E-state index is 0.0314. The molecule has 0 unspecified atom stereocenters. The van der Waals surface area contributed by atoms with Crippen molar-refractivity contribution in [3.63, 3.8) is 0 Å². The van der Waals surface area contributed by atoms with E-state index in [0.717, 1.165) is 32.2 Å². The summed E-state index contributed by atoms with van der Waals surface area (Å²) in [6.45, 7) is 13.9. The molecule has 5 heteroatoms. The van der Waals surface area contributed by atoms with Gasteiger partial charge in [0.05, 0.1) is 0 Å². The minimum Gasteiger partial charge on any atom is -0.395 e. The molecule has 1 N–H and O–H groups in total. The summed E-state index contributed by atoms with van der Waals surface area (Å²) in [6, 6.07) is 1.09. The van der Waals surface area contributed by atoms with Crippen LogP contribution in [0.3, 0.4) is 0 Å². The van der Waals surface area contributed by atoms with Crippen LogP contribution in [0.5, 0.6) is 0 Å². The Morgan fingerprint density at radius 2 is 1.50 bits per heavy atom. The van der Waals surface area contributed by atoms with Crippen LogP contribution in [0.15, 0.2) is 12.2 Å². The Morgan fingerprint density at radius 3 is 2.00 bits per heavy atom. The molecule has 22 heavy (non-hydrogen) atoms. The van der Waals surface area contributed by atoms with Crippen molar-refractivity contribution in [3.05, 3.63) is 12.2 Å². The molecule has 0 aromatic rings. The number of rotatable bonds is 14. The fourth-order valence-electron chi connectivity index (χ4n) is 2.43. The van der Waals surface area contributed by atoms with E-state index in [2.05, 4.69) is 18.4 Å². The quantitative estimate of drug-likeness (QED) is 0.296. The van der Waals surface area contributed by atoms with Crippen LogP contribution >= 0.6 is 0 Å². The number of hydrogen-bond donors (Lipinski definition) is 1. The van der Waals surface area contributed by atoms with Gasteiger partial charge in [0, 0.05) is 25.3 Å². The van der Waals surface area contributed by atoms with Crippen molar-refractivity contribution in [2.24, 2.45) is 0 Å². The standard InChI is InChI=1S/C17H35NO3Si/c1-6-20-22(5,21-7-2)15-13-11-9-8-10-12-14-18-17(19)16(3)4/h3,6-15H2,1-2,4-5H3,(H,18,19). The first-order chi connectivity index (χ1) is 10.4. The first kappa shape index (κ1) is 21.3. The van der Waals surface area contributed by atoms with Crippen LogP contribution in [0.1, 0.15) is 59.3 Å². The second kappa shape index (κ2) is 12.8. The van der Waals surface area contributed by atoms with Gasteiger partial charge < -0.3 is 14.2 Å². The third kappa shape index (κ3) is 11.0. The largest absolute Gasteiger partial charge is 0.395 e. The highest BCUT2D eigenvalue weighted by atomic mass is 28.4. The number of amides is 1. The van der Waals surface area contributed by atoms with Gasteiger partial charge in [0.15, 0.2) is 0 Å². The zero-order valence-electron chi connectivity index (χ0n) is 15.0. The minimum atomic E-state index is -1.91. The topological polar surface area (TPSA) is 47.6 Å². The molecule has 1 amide bonds. The van der Waals surface area contributed by atoms with Gasteiger partial charge in [-0.2, -0.15) is 0 Å². The summed E-state index contributed by atoms with van der Waals surface area (Å²) in [5.41, 5.74) is 0.579. The van der Waals surface area contributed by atoms with Gasteiger partial charge in [-0.05, 0) is 39.8 Å². The van der Waals surface area contributed by atoms with Crippen molar-refractivity contribution in [2.75, 3.05) is 19.8 Å². The summed E-state index contributed by atoms with van der Waals surface area (Å²) < 4.78 is 11.7. The van der Waals surface area contributed by atoms with E-state index in [1.807, 2.05) is 13.8 Å². The van der Waals surface area contributed by atoms with Crippen LogP contribution in [0, 0.1) is 0 Å². The predicted molar refractivity (Wildman–Crippen MR) is 95.2 cm³/mol. The molecule has 0 heterocycles. The molecule has 130 valence electrons. The molecule has 0 aliphatic heterocycles. The molecule has 0 aromatic heterocycles. The van der Waals surface area contributed by atoms with Crippen molar-refractivity contribution >= 4 is 14.5 Å². The van der Waals surface area contributed by atoms with Gasteiger partial charge in [0.25, 0.3) is 0 Å². The van der Waals surface area contributed by atoms with Crippen LogP contribution < -0.4 is 5.32 Å². The van der Waals surface area contributed by atoms with Crippen LogP contribution in [0.25, 0.3) is 0 Å². The van der Waals surface area contributed by atoms with Crippen LogP contribution in [0.2, 0.25) is 12.6 Å². The average molecular weight is 330 g/mol. The maximum absolute atomic E-state index is 11.3. The Hall–Kier alpha value is -0.653.